The number of carbonyl (C=O) groups excluding carboxylic acids is 1. The molecule has 5 N–H and O–H groups in total. The number of amidine groups is 1. The third-order valence-corrected chi connectivity index (χ3v) is 10.9. The Morgan fingerprint density at radius 1 is 1.48 bits per heavy atom. The van der Waals surface area contributed by atoms with Gasteiger partial charge in [0.25, 0.3) is 5.91 Å². The number of hydrogen-bond donors (Lipinski definition) is 4. The smallest absolute Gasteiger partial charge is 0.273 e. The Bertz CT molecular complexity index is 1140. The normalized spacial score (nSPS) is 38.5. The van der Waals surface area contributed by atoms with Crippen LogP contribution >= 0.6 is 22.1 Å². The Balaban J connectivity index is 1.58. The molecule has 0 spiro atoms. The van der Waals surface area contributed by atoms with Gasteiger partial charge < -0.3 is 15.6 Å². The highest BCUT2D eigenvalue weighted by Crippen LogP contribution is 2.67. The summed E-state index contributed by atoms with van der Waals surface area (Å²) in [5.74, 6) is -0.432. The van der Waals surface area contributed by atoms with Crippen molar-refractivity contribution in [1.29, 1.82) is 5.26 Å². The molecule has 1 aromatic heterocycles. The van der Waals surface area contributed by atoms with Crippen LogP contribution in [0.2, 0.25) is 5.02 Å². The molecule has 0 aromatic carbocycles. The highest BCUT2D eigenvalue weighted by atomic mass is 35.5. The van der Waals surface area contributed by atoms with E-state index < -0.39 is 43.8 Å². The lowest BCUT2D eigenvalue weighted by atomic mass is 9.78. The molecule has 0 saturated carbocycles. The summed E-state index contributed by atoms with van der Waals surface area (Å²) < 4.78 is 30.3. The molecule has 9 nitrogen and oxygen atoms in total. The molecule has 1 saturated heterocycles. The molecule has 176 valence electrons. The second-order valence-corrected chi connectivity index (χ2v) is 12.5. The lowest BCUT2D eigenvalue weighted by Gasteiger charge is -2.58. The van der Waals surface area contributed by atoms with E-state index >= 15 is 4.39 Å². The van der Waals surface area contributed by atoms with Crippen LogP contribution in [0.25, 0.3) is 0 Å². The van der Waals surface area contributed by atoms with E-state index in [0.717, 1.165) is 6.21 Å². The van der Waals surface area contributed by atoms with E-state index in [4.69, 9.17) is 22.6 Å². The molecule has 3 aliphatic heterocycles. The number of fused-ring (bicyclic) bond motifs is 1. The highest BCUT2D eigenvalue weighted by Gasteiger charge is 2.66. The second-order valence-electron chi connectivity index (χ2n) is 8.94. The predicted molar refractivity (Wildman–Crippen MR) is 127 cm³/mol. The number of nitrogens with one attached hydrogen (secondary N) is 2. The van der Waals surface area contributed by atoms with Crippen LogP contribution in [0.15, 0.2) is 34.4 Å². The van der Waals surface area contributed by atoms with E-state index in [2.05, 4.69) is 25.0 Å². The quantitative estimate of drug-likeness (QED) is 0.475. The first-order chi connectivity index (χ1) is 15.4. The summed E-state index contributed by atoms with van der Waals surface area (Å²) >= 11 is 6.04. The van der Waals surface area contributed by atoms with E-state index in [1.165, 1.54) is 24.4 Å². The van der Waals surface area contributed by atoms with Crippen molar-refractivity contribution < 1.29 is 13.7 Å². The number of rotatable bonds is 3. The van der Waals surface area contributed by atoms with Crippen LogP contribution in [-0.4, -0.2) is 61.4 Å². The first-order valence-electron chi connectivity index (χ1n) is 10.3. The summed E-state index contributed by atoms with van der Waals surface area (Å²) in [5.41, 5.74) is 2.87. The van der Waals surface area contributed by atoms with Crippen molar-refractivity contribution >= 4 is 40.1 Å². The van der Waals surface area contributed by atoms with Crippen molar-refractivity contribution in [3.05, 3.63) is 40.7 Å². The van der Waals surface area contributed by atoms with Crippen molar-refractivity contribution in [2.45, 2.75) is 54.6 Å². The fraction of sp³-hybridized carbons (Fsp3) is 0.476. The number of dihydropyridines is 1. The zero-order chi connectivity index (χ0) is 24.2. The SMILES string of the molecule is CC1(C)C(N)=N[C@](C)(C2(F)C=CC(NC(=O)c3ncc(C#N)cc3Cl)N=C2)[C@H]2CCNS21O. The van der Waals surface area contributed by atoms with Gasteiger partial charge in [-0.25, -0.2) is 9.37 Å². The monoisotopic (exact) mass is 493 g/mol. The van der Waals surface area contributed by atoms with Crippen molar-refractivity contribution in [3.63, 3.8) is 0 Å². The zero-order valence-corrected chi connectivity index (χ0v) is 19.9. The van der Waals surface area contributed by atoms with Gasteiger partial charge in [-0.3, -0.25) is 19.5 Å². The fourth-order valence-corrected chi connectivity index (χ4v) is 8.16. The lowest BCUT2D eigenvalue weighted by molar-refractivity contribution is 0.0939. The van der Waals surface area contributed by atoms with Gasteiger partial charge in [-0.05, 0) is 45.4 Å². The standard InChI is InChI=1S/C21H25ClFN7O2S/c1-19(2)18(25)30-20(3,14-5-7-28-33(14,19)32)21(23)6-4-15(27-11-21)29-17(31)16-13(22)8-12(9-24)10-26-16/h4,6,8,10-11,14-15,28,32H,5,7H2,1-3H3,(H2,25,30)(H,29,31)/t14-,15?,20+,21?/m1/s1. The molecule has 1 fully saturated rings. The Kier molecular flexibility index (Phi) is 5.56. The van der Waals surface area contributed by atoms with Crippen LogP contribution in [0.1, 0.15) is 43.2 Å². The molecule has 3 unspecified atom stereocenters. The first-order valence-corrected chi connectivity index (χ1v) is 12.3. The van der Waals surface area contributed by atoms with Gasteiger partial charge >= 0.3 is 0 Å². The van der Waals surface area contributed by atoms with Crippen LogP contribution < -0.4 is 15.8 Å². The number of aliphatic imine (C=N–C) groups is 2. The van der Waals surface area contributed by atoms with E-state index in [1.54, 1.807) is 6.92 Å². The van der Waals surface area contributed by atoms with Crippen molar-refractivity contribution in [3.8, 4) is 6.07 Å². The second kappa shape index (κ2) is 7.77. The van der Waals surface area contributed by atoms with Crippen LogP contribution in [0.3, 0.4) is 0 Å². The molecule has 1 amide bonds. The topological polar surface area (TPSA) is 149 Å². The Morgan fingerprint density at radius 3 is 2.82 bits per heavy atom. The number of amides is 1. The van der Waals surface area contributed by atoms with Gasteiger partial charge in [0.05, 0.1) is 20.6 Å². The molecule has 0 radical (unpaired) electrons. The molecular formula is C21H25ClFN7O2S. The predicted octanol–water partition coefficient (Wildman–Crippen LogP) is 2.47. The number of nitrogens with two attached hydrogens (primary N) is 1. The number of hydrogen-bond acceptors (Lipinski definition) is 8. The minimum absolute atomic E-state index is 0.0216. The van der Waals surface area contributed by atoms with Gasteiger partial charge in [0.1, 0.15) is 29.3 Å². The minimum Gasteiger partial charge on any atom is -0.386 e. The molecule has 3 aliphatic rings. The van der Waals surface area contributed by atoms with Gasteiger partial charge in [0.2, 0.25) is 0 Å². The third-order valence-electron chi connectivity index (χ3n) is 6.70. The van der Waals surface area contributed by atoms with Gasteiger partial charge in [0, 0.05) is 19.0 Å². The number of aromatic nitrogens is 1. The molecule has 4 rings (SSSR count). The number of carbonyl (C=O) groups is 1. The molecule has 4 heterocycles. The molecule has 33 heavy (non-hydrogen) atoms. The third kappa shape index (κ3) is 3.44. The highest BCUT2D eigenvalue weighted by molar-refractivity contribution is 8.29. The number of halogens is 2. The van der Waals surface area contributed by atoms with Gasteiger partial charge in [0.15, 0.2) is 5.67 Å². The van der Waals surface area contributed by atoms with Gasteiger partial charge in [-0.15, -0.1) is 0 Å². The summed E-state index contributed by atoms with van der Waals surface area (Å²) in [5, 5.41) is 11.0. The summed E-state index contributed by atoms with van der Waals surface area (Å²) in [6, 6.07) is 3.23. The average Bonchev–Trinajstić information content (AvgIpc) is 3.18. The molecule has 1 aromatic rings. The average molecular weight is 494 g/mol. The first kappa shape index (κ1) is 23.6. The maximum absolute atomic E-state index is 16.4. The maximum atomic E-state index is 16.4. The molecule has 5 atom stereocenters. The van der Waals surface area contributed by atoms with Crippen LogP contribution in [0.5, 0.6) is 0 Å². The van der Waals surface area contributed by atoms with Crippen molar-refractivity contribution in [1.82, 2.24) is 15.0 Å². The van der Waals surface area contributed by atoms with Gasteiger partial charge in [-0.1, -0.05) is 22.1 Å². The summed E-state index contributed by atoms with van der Waals surface area (Å²) in [6.07, 6.45) is 4.75. The van der Waals surface area contributed by atoms with Crippen LogP contribution in [0.4, 0.5) is 4.39 Å². The molecular weight excluding hydrogens is 469 g/mol. The lowest BCUT2D eigenvalue weighted by Crippen LogP contribution is -2.65. The molecule has 0 bridgehead atoms. The number of alkyl halides is 1. The van der Waals surface area contributed by atoms with E-state index in [0.29, 0.717) is 13.0 Å². The van der Waals surface area contributed by atoms with Crippen molar-refractivity contribution in [2.24, 2.45) is 15.7 Å². The number of nitrogens with zero attached hydrogens (tertiary/aromatic N) is 4. The Morgan fingerprint density at radius 2 is 2.21 bits per heavy atom. The van der Waals surface area contributed by atoms with Gasteiger partial charge in [-0.2, -0.15) is 5.26 Å². The zero-order valence-electron chi connectivity index (χ0n) is 18.3. The summed E-state index contributed by atoms with van der Waals surface area (Å²) in [7, 11) is -2.50. The summed E-state index contributed by atoms with van der Waals surface area (Å²) in [6.45, 7) is 5.80. The molecule has 12 heteroatoms. The van der Waals surface area contributed by atoms with Crippen molar-refractivity contribution in [2.75, 3.05) is 6.54 Å². The van der Waals surface area contributed by atoms with E-state index in [-0.39, 0.29) is 22.1 Å². The minimum atomic E-state index is -2.50. The molecule has 0 aliphatic carbocycles. The summed E-state index contributed by atoms with van der Waals surface area (Å²) in [4.78, 5) is 25.2. The van der Waals surface area contributed by atoms with E-state index in [9.17, 15) is 9.35 Å². The van der Waals surface area contributed by atoms with Crippen LogP contribution in [-0.2, 0) is 0 Å². The Labute approximate surface area is 197 Å². The Hall–Kier alpha value is -2.52. The largest absolute Gasteiger partial charge is 0.386 e. The van der Waals surface area contributed by atoms with E-state index in [1.807, 2.05) is 19.9 Å². The number of nitriles is 1. The fourth-order valence-electron chi connectivity index (χ4n) is 4.48. The van der Waals surface area contributed by atoms with Crippen LogP contribution in [0, 0.1) is 11.3 Å². The number of pyridine rings is 1. The maximum Gasteiger partial charge on any atom is 0.273 e.